The Balaban J connectivity index is 2.66. The first-order chi connectivity index (χ1) is 5.70. The van der Waals surface area contributed by atoms with Gasteiger partial charge in [0.05, 0.1) is 19.1 Å². The van der Waals surface area contributed by atoms with Crippen LogP contribution in [0.4, 0.5) is 0 Å². The van der Waals surface area contributed by atoms with Crippen LogP contribution in [0.25, 0.3) is 0 Å². The number of carbonyl (C=O) groups excluding carboxylic acids is 1. The third-order valence-electron chi connectivity index (χ3n) is 2.07. The Labute approximate surface area is 76.0 Å². The second-order valence-electron chi connectivity index (χ2n) is 2.74. The first-order valence-corrected chi connectivity index (χ1v) is 4.24. The third kappa shape index (κ3) is 1.62. The maximum atomic E-state index is 11.1. The number of alkyl halides is 1. The molecule has 0 fully saturated rings. The molecule has 1 rings (SSSR count). The molecule has 0 saturated heterocycles. The van der Waals surface area contributed by atoms with Crippen molar-refractivity contribution >= 4 is 17.6 Å². The normalized spacial score (nSPS) is 33.8. The molecule has 0 unspecified atom stereocenters. The maximum absolute atomic E-state index is 11.1. The van der Waals surface area contributed by atoms with Gasteiger partial charge in [0.1, 0.15) is 0 Å². The Kier molecular flexibility index (Phi) is 3.12. The molecule has 0 aromatic carbocycles. The minimum absolute atomic E-state index is 0.237. The van der Waals surface area contributed by atoms with Gasteiger partial charge in [-0.3, -0.25) is 4.79 Å². The predicted octanol–water partition coefficient (Wildman–Crippen LogP) is 0.561. The van der Waals surface area contributed by atoms with Gasteiger partial charge in [-0.05, 0) is 0 Å². The van der Waals surface area contributed by atoms with Crippen molar-refractivity contribution in [2.24, 2.45) is 11.8 Å². The molecule has 0 amide bonds. The molecule has 1 aliphatic rings. The van der Waals surface area contributed by atoms with Crippen LogP contribution in [0.5, 0.6) is 0 Å². The Morgan fingerprint density at radius 1 is 1.67 bits per heavy atom. The van der Waals surface area contributed by atoms with Gasteiger partial charge in [-0.2, -0.15) is 0 Å². The number of hydrogen-bond donors (Lipinski definition) is 1. The summed E-state index contributed by atoms with van der Waals surface area (Å²) in [6.45, 7) is 0. The van der Waals surface area contributed by atoms with Crippen molar-refractivity contribution in [1.29, 1.82) is 0 Å². The van der Waals surface area contributed by atoms with Crippen molar-refractivity contribution in [1.82, 2.24) is 0 Å². The number of ether oxygens (including phenoxy) is 1. The van der Waals surface area contributed by atoms with Gasteiger partial charge in [0, 0.05) is 11.8 Å². The van der Waals surface area contributed by atoms with Gasteiger partial charge in [0.15, 0.2) is 0 Å². The highest BCUT2D eigenvalue weighted by Crippen LogP contribution is 2.27. The molecule has 0 bridgehead atoms. The Morgan fingerprint density at radius 2 is 2.33 bits per heavy atom. The summed E-state index contributed by atoms with van der Waals surface area (Å²) in [7, 11) is 1.33. The van der Waals surface area contributed by atoms with E-state index in [1.54, 1.807) is 12.2 Å². The summed E-state index contributed by atoms with van der Waals surface area (Å²) < 4.78 is 4.55. The van der Waals surface area contributed by atoms with Gasteiger partial charge >= 0.3 is 5.97 Å². The van der Waals surface area contributed by atoms with Crippen LogP contribution in [0.3, 0.4) is 0 Å². The second kappa shape index (κ2) is 3.92. The van der Waals surface area contributed by atoms with Crippen molar-refractivity contribution in [3.05, 3.63) is 12.2 Å². The van der Waals surface area contributed by atoms with Crippen molar-refractivity contribution in [3.8, 4) is 0 Å². The van der Waals surface area contributed by atoms with Gasteiger partial charge in [-0.15, -0.1) is 11.6 Å². The summed E-state index contributed by atoms with van der Waals surface area (Å²) in [5.41, 5.74) is 0. The van der Waals surface area contributed by atoms with Crippen LogP contribution in [0.15, 0.2) is 12.2 Å². The lowest BCUT2D eigenvalue weighted by atomic mass is 9.96. The van der Waals surface area contributed by atoms with E-state index in [0.717, 1.165) is 0 Å². The second-order valence-corrected chi connectivity index (χ2v) is 3.05. The van der Waals surface area contributed by atoms with Crippen LogP contribution in [0.1, 0.15) is 0 Å². The van der Waals surface area contributed by atoms with E-state index in [0.29, 0.717) is 0 Å². The zero-order valence-electron chi connectivity index (χ0n) is 6.74. The maximum Gasteiger partial charge on any atom is 0.312 e. The molecule has 0 spiro atoms. The molecule has 3 atom stereocenters. The lowest BCUT2D eigenvalue weighted by Crippen LogP contribution is -2.28. The summed E-state index contributed by atoms with van der Waals surface area (Å²) in [6, 6.07) is 0. The smallest absolute Gasteiger partial charge is 0.312 e. The van der Waals surface area contributed by atoms with Gasteiger partial charge in [0.2, 0.25) is 0 Å². The fraction of sp³-hybridized carbons (Fsp3) is 0.625. The highest BCUT2D eigenvalue weighted by Gasteiger charge is 2.35. The van der Waals surface area contributed by atoms with Crippen molar-refractivity contribution in [2.75, 3.05) is 13.0 Å². The molecule has 0 aromatic heterocycles. The minimum atomic E-state index is -0.619. The lowest BCUT2D eigenvalue weighted by Gasteiger charge is -2.17. The van der Waals surface area contributed by atoms with E-state index in [9.17, 15) is 9.90 Å². The monoisotopic (exact) mass is 190 g/mol. The highest BCUT2D eigenvalue weighted by atomic mass is 35.5. The first kappa shape index (κ1) is 9.55. The molecule has 0 aliphatic heterocycles. The topological polar surface area (TPSA) is 46.5 Å². The molecular weight excluding hydrogens is 180 g/mol. The Hall–Kier alpha value is -0.540. The number of aliphatic hydroxyl groups excluding tert-OH is 1. The Morgan fingerprint density at radius 3 is 2.83 bits per heavy atom. The van der Waals surface area contributed by atoms with E-state index in [1.165, 1.54) is 7.11 Å². The number of rotatable bonds is 2. The number of esters is 1. The summed E-state index contributed by atoms with van der Waals surface area (Å²) in [6.07, 6.45) is 2.60. The summed E-state index contributed by atoms with van der Waals surface area (Å²) in [5, 5.41) is 9.32. The quantitative estimate of drug-likeness (QED) is 0.393. The summed E-state index contributed by atoms with van der Waals surface area (Å²) in [5.74, 6) is -0.705. The molecule has 1 aliphatic carbocycles. The standard InChI is InChI=1S/C8H11ClO3/c1-12-8(11)5-2-3-7(10)6(5)4-9/h2-3,5-7,10H,4H2,1H3/t5-,6-,7-/m0/s1. The molecule has 1 N–H and O–H groups in total. The van der Waals surface area contributed by atoms with Gasteiger partial charge in [0.25, 0.3) is 0 Å². The largest absolute Gasteiger partial charge is 0.469 e. The Bertz CT molecular complexity index is 202. The molecular formula is C8H11ClO3. The van der Waals surface area contributed by atoms with Gasteiger partial charge in [-0.1, -0.05) is 12.2 Å². The van der Waals surface area contributed by atoms with Crippen LogP contribution in [-0.4, -0.2) is 30.2 Å². The third-order valence-corrected chi connectivity index (χ3v) is 2.42. The van der Waals surface area contributed by atoms with E-state index in [1.807, 2.05) is 0 Å². The number of hydrogen-bond acceptors (Lipinski definition) is 3. The van der Waals surface area contributed by atoms with Crippen molar-refractivity contribution in [2.45, 2.75) is 6.10 Å². The van der Waals surface area contributed by atoms with Crippen molar-refractivity contribution < 1.29 is 14.6 Å². The predicted molar refractivity (Wildman–Crippen MR) is 44.9 cm³/mol. The highest BCUT2D eigenvalue weighted by molar-refractivity contribution is 6.18. The van der Waals surface area contributed by atoms with Gasteiger partial charge in [-0.25, -0.2) is 0 Å². The summed E-state index contributed by atoms with van der Waals surface area (Å²) in [4.78, 5) is 11.1. The molecule has 0 heterocycles. The SMILES string of the molecule is COC(=O)[C@H]1C=C[C@H](O)[C@H]1CCl. The zero-order chi connectivity index (χ0) is 9.14. The molecule has 12 heavy (non-hydrogen) atoms. The van der Waals surface area contributed by atoms with Crippen LogP contribution < -0.4 is 0 Å². The van der Waals surface area contributed by atoms with E-state index in [4.69, 9.17) is 11.6 Å². The molecule has 0 radical (unpaired) electrons. The van der Waals surface area contributed by atoms with Crippen LogP contribution in [0.2, 0.25) is 0 Å². The van der Waals surface area contributed by atoms with Gasteiger partial charge < -0.3 is 9.84 Å². The fourth-order valence-electron chi connectivity index (χ4n) is 1.31. The van der Waals surface area contributed by atoms with E-state index >= 15 is 0 Å². The van der Waals surface area contributed by atoms with Crippen molar-refractivity contribution in [3.63, 3.8) is 0 Å². The average Bonchev–Trinajstić information content (AvgIpc) is 2.45. The number of carbonyl (C=O) groups is 1. The first-order valence-electron chi connectivity index (χ1n) is 3.71. The van der Waals surface area contributed by atoms with E-state index in [-0.39, 0.29) is 23.7 Å². The minimum Gasteiger partial charge on any atom is -0.469 e. The summed E-state index contributed by atoms with van der Waals surface area (Å²) >= 11 is 5.59. The number of aliphatic hydroxyl groups is 1. The zero-order valence-corrected chi connectivity index (χ0v) is 7.49. The molecule has 68 valence electrons. The number of halogens is 1. The van der Waals surface area contributed by atoms with E-state index < -0.39 is 6.10 Å². The lowest BCUT2D eigenvalue weighted by molar-refractivity contribution is -0.145. The molecule has 0 saturated carbocycles. The average molecular weight is 191 g/mol. The number of methoxy groups -OCH3 is 1. The fourth-order valence-corrected chi connectivity index (χ4v) is 1.68. The molecule has 0 aromatic rings. The van der Waals surface area contributed by atoms with Crippen LogP contribution in [-0.2, 0) is 9.53 Å². The van der Waals surface area contributed by atoms with Crippen LogP contribution in [0, 0.1) is 11.8 Å². The van der Waals surface area contributed by atoms with Crippen LogP contribution >= 0.6 is 11.6 Å². The molecule has 4 heteroatoms. The van der Waals surface area contributed by atoms with E-state index in [2.05, 4.69) is 4.74 Å². The molecule has 3 nitrogen and oxygen atoms in total.